The lowest BCUT2D eigenvalue weighted by Gasteiger charge is -2.24. The van der Waals surface area contributed by atoms with E-state index in [2.05, 4.69) is 10.3 Å². The number of benzene rings is 2. The molecule has 2 aromatic rings. The molecule has 1 aliphatic rings. The van der Waals surface area contributed by atoms with Gasteiger partial charge in [0.1, 0.15) is 17.5 Å². The molecule has 2 aromatic carbocycles. The highest BCUT2D eigenvalue weighted by molar-refractivity contribution is 6.68. The molecule has 30 heavy (non-hydrogen) atoms. The molecule has 12 heteroatoms. The average Bonchev–Trinajstić information content (AvgIpc) is 2.86. The van der Waals surface area contributed by atoms with E-state index < -0.39 is 45.2 Å². The summed E-state index contributed by atoms with van der Waals surface area (Å²) in [6.45, 7) is 0. The number of carbonyl (C=O) groups is 2. The number of amidine groups is 1. The number of rotatable bonds is 4. The van der Waals surface area contributed by atoms with Gasteiger partial charge in [-0.2, -0.15) is 0 Å². The fourth-order valence-electron chi connectivity index (χ4n) is 2.62. The van der Waals surface area contributed by atoms with E-state index in [0.29, 0.717) is 11.0 Å². The summed E-state index contributed by atoms with van der Waals surface area (Å²) >= 11 is 17.7. The lowest BCUT2D eigenvalue weighted by molar-refractivity contribution is -0.111. The summed E-state index contributed by atoms with van der Waals surface area (Å²) in [5.41, 5.74) is -0.546. The van der Waals surface area contributed by atoms with Crippen molar-refractivity contribution in [2.75, 3.05) is 17.3 Å². The summed E-state index contributed by atoms with van der Waals surface area (Å²) in [4.78, 5) is 30.7. The van der Waals surface area contributed by atoms with Crippen molar-refractivity contribution in [3.63, 3.8) is 0 Å². The largest absolute Gasteiger partial charge is 0.358 e. The van der Waals surface area contributed by atoms with Gasteiger partial charge in [0, 0.05) is 13.1 Å². The molecule has 1 atom stereocenters. The maximum atomic E-state index is 14.1. The smallest absolute Gasteiger partial charge is 0.337 e. The van der Waals surface area contributed by atoms with Gasteiger partial charge in [-0.25, -0.2) is 27.9 Å². The zero-order valence-electron chi connectivity index (χ0n) is 15.0. The number of likely N-dealkylation sites (N-methyl/N-ethyl adjacent to an activating group) is 1. The summed E-state index contributed by atoms with van der Waals surface area (Å²) in [5.74, 6) is -4.09. The lowest BCUT2D eigenvalue weighted by Crippen LogP contribution is -2.36. The quantitative estimate of drug-likeness (QED) is 0.510. The number of urea groups is 1. The van der Waals surface area contributed by atoms with E-state index in [1.807, 2.05) is 0 Å². The fourth-order valence-corrected chi connectivity index (χ4v) is 2.93. The molecule has 1 saturated heterocycles. The van der Waals surface area contributed by atoms with Crippen LogP contribution in [0.25, 0.3) is 0 Å². The molecular formula is C18H12Cl3F3N4O2. The van der Waals surface area contributed by atoms with E-state index in [9.17, 15) is 22.8 Å². The van der Waals surface area contributed by atoms with Crippen molar-refractivity contribution in [1.29, 1.82) is 0 Å². The topological polar surface area (TPSA) is 65.0 Å². The Morgan fingerprint density at radius 2 is 1.70 bits per heavy atom. The number of anilines is 2. The van der Waals surface area contributed by atoms with Crippen molar-refractivity contribution in [3.05, 3.63) is 59.9 Å². The number of nitrogens with zero attached hydrogens (tertiary/aromatic N) is 3. The van der Waals surface area contributed by atoms with Gasteiger partial charge < -0.3 is 5.32 Å². The minimum Gasteiger partial charge on any atom is -0.358 e. The Balaban J connectivity index is 1.99. The summed E-state index contributed by atoms with van der Waals surface area (Å²) in [5, 5.41) is 2.46. The van der Waals surface area contributed by atoms with Gasteiger partial charge in [-0.15, -0.1) is 0 Å². The standard InChI is InChI=1S/C18H12Cl3F3N4O2/c1-27-14(15(29)28(17(27)30)13-5-3-2-4-10(13)23)26-16(18(19,20)21)25-12-7-6-9(22)8-11(12)24/h2-8,16,25H,1H3. The molecule has 1 aliphatic heterocycles. The van der Waals surface area contributed by atoms with Crippen LogP contribution in [0.4, 0.5) is 29.3 Å². The van der Waals surface area contributed by atoms with Gasteiger partial charge in [-0.3, -0.25) is 9.69 Å². The third-order valence-electron chi connectivity index (χ3n) is 4.07. The van der Waals surface area contributed by atoms with Crippen LogP contribution in [0.3, 0.4) is 0 Å². The zero-order chi connectivity index (χ0) is 22.2. The van der Waals surface area contributed by atoms with E-state index in [1.165, 1.54) is 25.2 Å². The molecular weight excluding hydrogens is 468 g/mol. The number of carbonyl (C=O) groups excluding carboxylic acids is 2. The first kappa shape index (κ1) is 22.2. The normalized spacial score (nSPS) is 17.1. The van der Waals surface area contributed by atoms with Gasteiger partial charge in [-0.05, 0) is 24.3 Å². The van der Waals surface area contributed by atoms with E-state index in [1.54, 1.807) is 0 Å². The van der Waals surface area contributed by atoms with E-state index in [-0.39, 0.29) is 11.4 Å². The van der Waals surface area contributed by atoms with Crippen LogP contribution >= 0.6 is 34.8 Å². The monoisotopic (exact) mass is 478 g/mol. The number of halogens is 6. The second-order valence-electron chi connectivity index (χ2n) is 6.10. The third kappa shape index (κ3) is 4.33. The Morgan fingerprint density at radius 3 is 2.30 bits per heavy atom. The van der Waals surface area contributed by atoms with Crippen molar-refractivity contribution in [1.82, 2.24) is 4.90 Å². The maximum Gasteiger partial charge on any atom is 0.337 e. The summed E-state index contributed by atoms with van der Waals surface area (Å²) in [6, 6.07) is 6.87. The van der Waals surface area contributed by atoms with Gasteiger partial charge in [0.05, 0.1) is 11.4 Å². The number of imide groups is 1. The van der Waals surface area contributed by atoms with Gasteiger partial charge in [0.25, 0.3) is 0 Å². The van der Waals surface area contributed by atoms with E-state index >= 15 is 0 Å². The predicted molar refractivity (Wildman–Crippen MR) is 109 cm³/mol. The number of alkyl halides is 3. The molecule has 158 valence electrons. The second-order valence-corrected chi connectivity index (χ2v) is 8.47. The SMILES string of the molecule is CN1C(=O)N(c2ccccc2F)C(=O)C1=NC(Nc1ccc(F)cc1F)C(Cl)(Cl)Cl. The molecule has 0 bridgehead atoms. The number of amides is 3. The van der Waals surface area contributed by atoms with Gasteiger partial charge in [-0.1, -0.05) is 46.9 Å². The van der Waals surface area contributed by atoms with Crippen LogP contribution in [-0.4, -0.2) is 39.7 Å². The first-order valence-corrected chi connectivity index (χ1v) is 9.37. The Kier molecular flexibility index (Phi) is 6.16. The molecule has 3 amide bonds. The fraction of sp³-hybridized carbons (Fsp3) is 0.167. The number of aliphatic imine (C=N–C) groups is 1. The highest BCUT2D eigenvalue weighted by Gasteiger charge is 2.44. The molecule has 6 nitrogen and oxygen atoms in total. The number of hydrogen-bond donors (Lipinski definition) is 1. The first-order chi connectivity index (χ1) is 14.0. The van der Waals surface area contributed by atoms with Crippen LogP contribution in [0.1, 0.15) is 0 Å². The van der Waals surface area contributed by atoms with Crippen LogP contribution in [0.15, 0.2) is 47.5 Å². The second kappa shape index (κ2) is 8.33. The van der Waals surface area contributed by atoms with Crippen LogP contribution in [0, 0.1) is 17.5 Å². The van der Waals surface area contributed by atoms with E-state index in [4.69, 9.17) is 34.8 Å². The minimum absolute atomic E-state index is 0.262. The summed E-state index contributed by atoms with van der Waals surface area (Å²) in [6.07, 6.45) is -1.56. The number of hydrogen-bond acceptors (Lipinski definition) is 4. The zero-order valence-corrected chi connectivity index (χ0v) is 17.3. The minimum atomic E-state index is -2.20. The molecule has 3 rings (SSSR count). The number of nitrogens with one attached hydrogen (secondary N) is 1. The lowest BCUT2D eigenvalue weighted by atomic mass is 10.3. The molecule has 0 aliphatic carbocycles. The van der Waals surface area contributed by atoms with Crippen molar-refractivity contribution in [2.45, 2.75) is 9.96 Å². The van der Waals surface area contributed by atoms with Gasteiger partial charge in [0.15, 0.2) is 6.17 Å². The Bertz CT molecular complexity index is 1050. The summed E-state index contributed by atoms with van der Waals surface area (Å²) in [7, 11) is 1.22. The summed E-state index contributed by atoms with van der Waals surface area (Å²) < 4.78 is 39.0. The van der Waals surface area contributed by atoms with Crippen molar-refractivity contribution < 1.29 is 22.8 Å². The molecule has 1 unspecified atom stereocenters. The average molecular weight is 480 g/mol. The highest BCUT2D eigenvalue weighted by atomic mass is 35.6. The van der Waals surface area contributed by atoms with Gasteiger partial charge >= 0.3 is 11.9 Å². The molecule has 1 N–H and O–H groups in total. The Morgan fingerprint density at radius 1 is 1.03 bits per heavy atom. The molecule has 1 heterocycles. The van der Waals surface area contributed by atoms with Crippen LogP contribution in [0.5, 0.6) is 0 Å². The van der Waals surface area contributed by atoms with Crippen molar-refractivity contribution in [3.8, 4) is 0 Å². The highest BCUT2D eigenvalue weighted by Crippen LogP contribution is 2.35. The predicted octanol–water partition coefficient (Wildman–Crippen LogP) is 4.71. The first-order valence-electron chi connectivity index (χ1n) is 8.23. The van der Waals surface area contributed by atoms with Gasteiger partial charge in [0.2, 0.25) is 9.63 Å². The van der Waals surface area contributed by atoms with Crippen molar-refractivity contribution in [2.24, 2.45) is 4.99 Å². The van der Waals surface area contributed by atoms with Crippen molar-refractivity contribution >= 4 is 64.0 Å². The maximum absolute atomic E-state index is 14.1. The third-order valence-corrected chi connectivity index (χ3v) is 4.69. The molecule has 1 fully saturated rings. The van der Waals surface area contributed by atoms with Crippen LogP contribution < -0.4 is 10.2 Å². The molecule has 0 radical (unpaired) electrons. The Labute approximate surface area is 183 Å². The molecule has 0 spiro atoms. The molecule has 0 aromatic heterocycles. The Hall–Kier alpha value is -2.49. The molecule has 0 saturated carbocycles. The van der Waals surface area contributed by atoms with Crippen LogP contribution in [-0.2, 0) is 4.79 Å². The van der Waals surface area contributed by atoms with E-state index in [0.717, 1.165) is 23.1 Å². The number of para-hydroxylation sites is 1. The van der Waals surface area contributed by atoms with Crippen LogP contribution in [0.2, 0.25) is 0 Å².